The molecule has 0 fully saturated rings. The molecule has 1 aromatic heterocycles. The van der Waals surface area contributed by atoms with Crippen LogP contribution in [0.3, 0.4) is 0 Å². The van der Waals surface area contributed by atoms with Crippen LogP contribution in [0.2, 0.25) is 0 Å². The summed E-state index contributed by atoms with van der Waals surface area (Å²) in [7, 11) is 1.90. The number of rotatable bonds is 4. The molecule has 1 N–H and O–H groups in total. The molecule has 0 saturated carbocycles. The van der Waals surface area contributed by atoms with Gasteiger partial charge in [-0.25, -0.2) is 4.39 Å². The summed E-state index contributed by atoms with van der Waals surface area (Å²) in [5.41, 5.74) is 2.15. The molecule has 1 unspecified atom stereocenters. The van der Waals surface area contributed by atoms with E-state index >= 15 is 0 Å². The van der Waals surface area contributed by atoms with Gasteiger partial charge in [0, 0.05) is 24.5 Å². The van der Waals surface area contributed by atoms with Crippen molar-refractivity contribution in [2.75, 3.05) is 11.9 Å². The topological polar surface area (TPSA) is 36.4 Å². The molecule has 0 aliphatic carbocycles. The van der Waals surface area contributed by atoms with Crippen LogP contribution in [0, 0.1) is 5.82 Å². The standard InChI is InChI=1S/C15H17FN2O/c1-11(14-5-3-4-6-15(14)16)18(2)13-7-8-17-12(9-13)10-19/h3-9,11,19H,10H2,1-2H3. The largest absolute Gasteiger partial charge is 0.390 e. The first kappa shape index (κ1) is 13.5. The van der Waals surface area contributed by atoms with Gasteiger partial charge in [0.1, 0.15) is 5.82 Å². The molecule has 0 amide bonds. The third-order valence-corrected chi connectivity index (χ3v) is 3.31. The molecule has 0 aliphatic rings. The number of aromatic nitrogens is 1. The Kier molecular flexibility index (Phi) is 4.12. The molecule has 3 nitrogen and oxygen atoms in total. The molecule has 0 radical (unpaired) electrons. The van der Waals surface area contributed by atoms with Gasteiger partial charge in [0.25, 0.3) is 0 Å². The summed E-state index contributed by atoms with van der Waals surface area (Å²) in [6.45, 7) is 1.84. The van der Waals surface area contributed by atoms with Crippen LogP contribution in [0.4, 0.5) is 10.1 Å². The van der Waals surface area contributed by atoms with Gasteiger partial charge in [-0.1, -0.05) is 18.2 Å². The Bertz CT molecular complexity index is 559. The zero-order chi connectivity index (χ0) is 13.8. The molecule has 1 aromatic carbocycles. The summed E-state index contributed by atoms with van der Waals surface area (Å²) in [5, 5.41) is 9.10. The van der Waals surface area contributed by atoms with Gasteiger partial charge in [0.2, 0.25) is 0 Å². The molecule has 0 bridgehead atoms. The lowest BCUT2D eigenvalue weighted by Crippen LogP contribution is -2.22. The van der Waals surface area contributed by atoms with E-state index in [0.717, 1.165) is 5.69 Å². The maximum atomic E-state index is 13.8. The minimum absolute atomic E-state index is 0.101. The number of benzene rings is 1. The highest BCUT2D eigenvalue weighted by molar-refractivity contribution is 5.48. The summed E-state index contributed by atoms with van der Waals surface area (Å²) in [5.74, 6) is -0.210. The Labute approximate surface area is 112 Å². The minimum Gasteiger partial charge on any atom is -0.390 e. The van der Waals surface area contributed by atoms with Crippen LogP contribution in [0.25, 0.3) is 0 Å². The first-order chi connectivity index (χ1) is 9.13. The Morgan fingerprint density at radius 2 is 2.05 bits per heavy atom. The van der Waals surface area contributed by atoms with E-state index in [1.807, 2.05) is 31.0 Å². The van der Waals surface area contributed by atoms with Crippen LogP contribution in [0.5, 0.6) is 0 Å². The predicted octanol–water partition coefficient (Wildman–Crippen LogP) is 2.91. The second-order valence-electron chi connectivity index (χ2n) is 4.47. The van der Waals surface area contributed by atoms with Crippen molar-refractivity contribution in [2.24, 2.45) is 0 Å². The van der Waals surface area contributed by atoms with Crippen molar-refractivity contribution in [2.45, 2.75) is 19.6 Å². The normalized spacial score (nSPS) is 12.2. The SMILES string of the molecule is CC(c1ccccc1F)N(C)c1ccnc(CO)c1. The lowest BCUT2D eigenvalue weighted by atomic mass is 10.1. The third-order valence-electron chi connectivity index (χ3n) is 3.31. The number of aliphatic hydroxyl groups is 1. The van der Waals surface area contributed by atoms with Crippen molar-refractivity contribution in [3.63, 3.8) is 0 Å². The van der Waals surface area contributed by atoms with E-state index in [1.54, 1.807) is 24.4 Å². The highest BCUT2D eigenvalue weighted by atomic mass is 19.1. The summed E-state index contributed by atoms with van der Waals surface area (Å²) < 4.78 is 13.8. The number of hydrogen-bond acceptors (Lipinski definition) is 3. The van der Waals surface area contributed by atoms with Crippen LogP contribution in [0.15, 0.2) is 42.6 Å². The van der Waals surface area contributed by atoms with Gasteiger partial charge in [0.05, 0.1) is 18.3 Å². The van der Waals surface area contributed by atoms with E-state index in [4.69, 9.17) is 5.11 Å². The van der Waals surface area contributed by atoms with Crippen LogP contribution in [-0.2, 0) is 6.61 Å². The number of anilines is 1. The van der Waals surface area contributed by atoms with Gasteiger partial charge in [-0.2, -0.15) is 0 Å². The lowest BCUT2D eigenvalue weighted by Gasteiger charge is -2.27. The molecule has 1 heterocycles. The maximum Gasteiger partial charge on any atom is 0.128 e. The van der Waals surface area contributed by atoms with Crippen molar-refractivity contribution in [3.05, 3.63) is 59.7 Å². The molecule has 2 rings (SSSR count). The first-order valence-electron chi connectivity index (χ1n) is 6.16. The number of nitrogens with zero attached hydrogens (tertiary/aromatic N) is 2. The molecule has 19 heavy (non-hydrogen) atoms. The molecule has 2 aromatic rings. The highest BCUT2D eigenvalue weighted by Gasteiger charge is 2.16. The molecule has 100 valence electrons. The predicted molar refractivity (Wildman–Crippen MR) is 73.4 cm³/mol. The van der Waals surface area contributed by atoms with Crippen LogP contribution >= 0.6 is 0 Å². The molecular weight excluding hydrogens is 243 g/mol. The minimum atomic E-state index is -0.210. The van der Waals surface area contributed by atoms with Crippen LogP contribution in [0.1, 0.15) is 24.2 Å². The quantitative estimate of drug-likeness (QED) is 0.918. The summed E-state index contributed by atoms with van der Waals surface area (Å²) in [6.07, 6.45) is 1.64. The van der Waals surface area contributed by atoms with E-state index in [1.165, 1.54) is 6.07 Å². The molecule has 0 aliphatic heterocycles. The van der Waals surface area contributed by atoms with Gasteiger partial charge in [-0.3, -0.25) is 4.98 Å². The zero-order valence-electron chi connectivity index (χ0n) is 11.0. The van der Waals surface area contributed by atoms with E-state index in [9.17, 15) is 4.39 Å². The van der Waals surface area contributed by atoms with E-state index in [0.29, 0.717) is 11.3 Å². The van der Waals surface area contributed by atoms with Crippen molar-refractivity contribution in [3.8, 4) is 0 Å². The van der Waals surface area contributed by atoms with Gasteiger partial charge in [-0.05, 0) is 25.1 Å². The highest BCUT2D eigenvalue weighted by Crippen LogP contribution is 2.26. The summed E-state index contributed by atoms with van der Waals surface area (Å²) in [4.78, 5) is 6.00. The Hall–Kier alpha value is -1.94. The first-order valence-corrected chi connectivity index (χ1v) is 6.16. The fourth-order valence-corrected chi connectivity index (χ4v) is 2.02. The van der Waals surface area contributed by atoms with Crippen LogP contribution in [-0.4, -0.2) is 17.1 Å². The number of aliphatic hydroxyl groups excluding tert-OH is 1. The van der Waals surface area contributed by atoms with Crippen molar-refractivity contribution >= 4 is 5.69 Å². The van der Waals surface area contributed by atoms with Crippen molar-refractivity contribution in [1.29, 1.82) is 0 Å². The van der Waals surface area contributed by atoms with Gasteiger partial charge >= 0.3 is 0 Å². The van der Waals surface area contributed by atoms with Gasteiger partial charge in [-0.15, -0.1) is 0 Å². The summed E-state index contributed by atoms with van der Waals surface area (Å²) in [6, 6.07) is 10.3. The Morgan fingerprint density at radius 1 is 1.32 bits per heavy atom. The zero-order valence-corrected chi connectivity index (χ0v) is 11.0. The Morgan fingerprint density at radius 3 is 2.74 bits per heavy atom. The molecule has 0 spiro atoms. The van der Waals surface area contributed by atoms with Gasteiger partial charge in [0.15, 0.2) is 0 Å². The number of hydrogen-bond donors (Lipinski definition) is 1. The van der Waals surface area contributed by atoms with E-state index in [2.05, 4.69) is 4.98 Å². The van der Waals surface area contributed by atoms with E-state index in [-0.39, 0.29) is 18.5 Å². The van der Waals surface area contributed by atoms with Crippen LogP contribution < -0.4 is 4.90 Å². The number of halogens is 1. The summed E-state index contributed by atoms with van der Waals surface area (Å²) >= 11 is 0. The fraction of sp³-hybridized carbons (Fsp3) is 0.267. The number of pyridine rings is 1. The lowest BCUT2D eigenvalue weighted by molar-refractivity contribution is 0.277. The molecule has 1 atom stereocenters. The third kappa shape index (κ3) is 2.90. The second kappa shape index (κ2) is 5.80. The smallest absolute Gasteiger partial charge is 0.128 e. The molecular formula is C15H17FN2O. The molecule has 0 saturated heterocycles. The van der Waals surface area contributed by atoms with Crippen molar-refractivity contribution in [1.82, 2.24) is 4.98 Å². The fourth-order valence-electron chi connectivity index (χ4n) is 2.02. The second-order valence-corrected chi connectivity index (χ2v) is 4.47. The monoisotopic (exact) mass is 260 g/mol. The Balaban J connectivity index is 2.28. The van der Waals surface area contributed by atoms with Gasteiger partial charge < -0.3 is 10.0 Å². The average molecular weight is 260 g/mol. The molecule has 4 heteroatoms. The van der Waals surface area contributed by atoms with E-state index < -0.39 is 0 Å². The maximum absolute atomic E-state index is 13.8. The van der Waals surface area contributed by atoms with Crippen molar-refractivity contribution < 1.29 is 9.50 Å². The average Bonchev–Trinajstić information content (AvgIpc) is 2.46.